The van der Waals surface area contributed by atoms with Gasteiger partial charge in [-0.3, -0.25) is 9.69 Å². The minimum Gasteiger partial charge on any atom is -0.495 e. The van der Waals surface area contributed by atoms with Crippen molar-refractivity contribution in [2.24, 2.45) is 0 Å². The van der Waals surface area contributed by atoms with Gasteiger partial charge in [0.05, 0.1) is 25.9 Å². The zero-order valence-electron chi connectivity index (χ0n) is 15.1. The Labute approximate surface area is 149 Å². The molecule has 0 aliphatic rings. The van der Waals surface area contributed by atoms with Gasteiger partial charge in [0.25, 0.3) is 0 Å². The van der Waals surface area contributed by atoms with E-state index in [1.165, 1.54) is 0 Å². The van der Waals surface area contributed by atoms with E-state index >= 15 is 0 Å². The summed E-state index contributed by atoms with van der Waals surface area (Å²) in [6.07, 6.45) is 0. The van der Waals surface area contributed by atoms with Crippen LogP contribution in [0.25, 0.3) is 0 Å². The van der Waals surface area contributed by atoms with Crippen LogP contribution in [0.15, 0.2) is 48.5 Å². The van der Waals surface area contributed by atoms with Crippen LogP contribution in [0.2, 0.25) is 0 Å². The summed E-state index contributed by atoms with van der Waals surface area (Å²) in [5.74, 6) is 1.45. The summed E-state index contributed by atoms with van der Waals surface area (Å²) in [5.41, 5.74) is 1.76. The number of anilines is 1. The molecule has 2 rings (SSSR count). The highest BCUT2D eigenvalue weighted by atomic mass is 16.5. The fraction of sp³-hybridized carbons (Fsp3) is 0.350. The van der Waals surface area contributed by atoms with Crippen molar-refractivity contribution in [2.45, 2.75) is 20.4 Å². The molecule has 0 aliphatic carbocycles. The first kappa shape index (κ1) is 18.8. The Kier molecular flexibility index (Phi) is 7.29. The van der Waals surface area contributed by atoms with E-state index in [9.17, 15) is 4.79 Å². The van der Waals surface area contributed by atoms with Gasteiger partial charge < -0.3 is 14.8 Å². The molecule has 2 aromatic carbocycles. The van der Waals surface area contributed by atoms with Gasteiger partial charge in [-0.1, -0.05) is 37.3 Å². The van der Waals surface area contributed by atoms with Crippen LogP contribution in [0.3, 0.4) is 0 Å². The molecule has 0 saturated carbocycles. The zero-order valence-corrected chi connectivity index (χ0v) is 15.1. The molecule has 1 N–H and O–H groups in total. The molecule has 5 heteroatoms. The van der Waals surface area contributed by atoms with Gasteiger partial charge in [0.1, 0.15) is 11.5 Å². The first-order valence-corrected chi connectivity index (χ1v) is 8.53. The number of amides is 1. The Bertz CT molecular complexity index is 688. The number of hydrogen-bond acceptors (Lipinski definition) is 4. The fourth-order valence-electron chi connectivity index (χ4n) is 2.59. The summed E-state index contributed by atoms with van der Waals surface area (Å²) < 4.78 is 10.9. The lowest BCUT2D eigenvalue weighted by Crippen LogP contribution is -2.33. The van der Waals surface area contributed by atoms with E-state index in [2.05, 4.69) is 10.2 Å². The monoisotopic (exact) mass is 342 g/mol. The van der Waals surface area contributed by atoms with Crippen molar-refractivity contribution in [2.75, 3.05) is 32.1 Å². The van der Waals surface area contributed by atoms with E-state index in [1.54, 1.807) is 7.11 Å². The first-order valence-electron chi connectivity index (χ1n) is 8.53. The van der Waals surface area contributed by atoms with E-state index in [1.807, 2.05) is 62.4 Å². The first-order chi connectivity index (χ1) is 12.2. The summed E-state index contributed by atoms with van der Waals surface area (Å²) in [4.78, 5) is 14.5. The lowest BCUT2D eigenvalue weighted by Gasteiger charge is -2.21. The van der Waals surface area contributed by atoms with E-state index in [0.29, 0.717) is 31.1 Å². The zero-order chi connectivity index (χ0) is 18.1. The van der Waals surface area contributed by atoms with Crippen molar-refractivity contribution >= 4 is 11.6 Å². The van der Waals surface area contributed by atoms with Crippen molar-refractivity contribution < 1.29 is 14.3 Å². The predicted octanol–water partition coefficient (Wildman–Crippen LogP) is 3.55. The molecule has 0 bridgehead atoms. The molecule has 2 aromatic rings. The van der Waals surface area contributed by atoms with E-state index in [0.717, 1.165) is 17.9 Å². The van der Waals surface area contributed by atoms with Crippen molar-refractivity contribution in [1.29, 1.82) is 0 Å². The lowest BCUT2D eigenvalue weighted by molar-refractivity contribution is -0.117. The number of hydrogen-bond donors (Lipinski definition) is 1. The Morgan fingerprint density at radius 3 is 2.40 bits per heavy atom. The highest BCUT2D eigenvalue weighted by Crippen LogP contribution is 2.23. The maximum absolute atomic E-state index is 12.4. The number of carbonyl (C=O) groups is 1. The summed E-state index contributed by atoms with van der Waals surface area (Å²) in [5, 5.41) is 2.91. The van der Waals surface area contributed by atoms with Gasteiger partial charge in [-0.05, 0) is 31.7 Å². The van der Waals surface area contributed by atoms with Gasteiger partial charge in [-0.2, -0.15) is 0 Å². The molecule has 5 nitrogen and oxygen atoms in total. The molecule has 0 spiro atoms. The van der Waals surface area contributed by atoms with Crippen LogP contribution >= 0.6 is 0 Å². The SMILES string of the molecule is CCOc1ccccc1CN(CC)CC(=O)Nc1ccccc1OC. The largest absolute Gasteiger partial charge is 0.495 e. The van der Waals surface area contributed by atoms with Crippen molar-refractivity contribution in [3.05, 3.63) is 54.1 Å². The molecule has 0 saturated heterocycles. The minimum absolute atomic E-state index is 0.0692. The number of methoxy groups -OCH3 is 1. The van der Waals surface area contributed by atoms with Crippen LogP contribution in [0.5, 0.6) is 11.5 Å². The minimum atomic E-state index is -0.0692. The number of likely N-dealkylation sites (N-methyl/N-ethyl adjacent to an activating group) is 1. The Balaban J connectivity index is 2.01. The number of ether oxygens (including phenoxy) is 2. The number of nitrogens with one attached hydrogen (secondary N) is 1. The Morgan fingerprint density at radius 2 is 1.72 bits per heavy atom. The number of benzene rings is 2. The van der Waals surface area contributed by atoms with Crippen LogP contribution < -0.4 is 14.8 Å². The molecule has 0 aliphatic heterocycles. The Hall–Kier alpha value is -2.53. The lowest BCUT2D eigenvalue weighted by atomic mass is 10.2. The van der Waals surface area contributed by atoms with E-state index < -0.39 is 0 Å². The summed E-state index contributed by atoms with van der Waals surface area (Å²) in [6, 6.07) is 15.3. The molecule has 0 atom stereocenters. The topological polar surface area (TPSA) is 50.8 Å². The number of rotatable bonds is 9. The van der Waals surface area contributed by atoms with Crippen molar-refractivity contribution in [3.63, 3.8) is 0 Å². The highest BCUT2D eigenvalue weighted by Gasteiger charge is 2.13. The van der Waals surface area contributed by atoms with Crippen molar-refractivity contribution in [1.82, 2.24) is 4.90 Å². The average molecular weight is 342 g/mol. The summed E-state index contributed by atoms with van der Waals surface area (Å²) in [6.45, 7) is 6.35. The number of para-hydroxylation sites is 3. The molecule has 0 heterocycles. The van der Waals surface area contributed by atoms with Crippen molar-refractivity contribution in [3.8, 4) is 11.5 Å². The fourth-order valence-corrected chi connectivity index (χ4v) is 2.59. The average Bonchev–Trinajstić information content (AvgIpc) is 2.63. The predicted molar refractivity (Wildman–Crippen MR) is 100 cm³/mol. The quantitative estimate of drug-likeness (QED) is 0.757. The molecule has 134 valence electrons. The number of nitrogens with zero attached hydrogens (tertiary/aromatic N) is 1. The summed E-state index contributed by atoms with van der Waals surface area (Å²) in [7, 11) is 1.59. The van der Waals surface area contributed by atoms with Crippen LogP contribution in [-0.2, 0) is 11.3 Å². The second kappa shape index (κ2) is 9.69. The normalized spacial score (nSPS) is 10.6. The van der Waals surface area contributed by atoms with Gasteiger partial charge in [0.2, 0.25) is 5.91 Å². The van der Waals surface area contributed by atoms with E-state index in [-0.39, 0.29) is 5.91 Å². The van der Waals surface area contributed by atoms with Gasteiger partial charge in [0.15, 0.2) is 0 Å². The molecule has 25 heavy (non-hydrogen) atoms. The van der Waals surface area contributed by atoms with Gasteiger partial charge in [0, 0.05) is 12.1 Å². The third kappa shape index (κ3) is 5.50. The third-order valence-corrected chi connectivity index (χ3v) is 3.86. The van der Waals surface area contributed by atoms with Crippen LogP contribution in [0.4, 0.5) is 5.69 Å². The maximum Gasteiger partial charge on any atom is 0.238 e. The maximum atomic E-state index is 12.4. The van der Waals surface area contributed by atoms with Gasteiger partial charge in [-0.15, -0.1) is 0 Å². The van der Waals surface area contributed by atoms with Gasteiger partial charge >= 0.3 is 0 Å². The van der Waals surface area contributed by atoms with Gasteiger partial charge in [-0.25, -0.2) is 0 Å². The summed E-state index contributed by atoms with van der Waals surface area (Å²) >= 11 is 0. The molecular weight excluding hydrogens is 316 g/mol. The van der Waals surface area contributed by atoms with Crippen LogP contribution in [0.1, 0.15) is 19.4 Å². The second-order valence-corrected chi connectivity index (χ2v) is 5.59. The van der Waals surface area contributed by atoms with Crippen LogP contribution in [0, 0.1) is 0 Å². The molecule has 1 amide bonds. The van der Waals surface area contributed by atoms with E-state index in [4.69, 9.17) is 9.47 Å². The molecule has 0 aromatic heterocycles. The third-order valence-electron chi connectivity index (χ3n) is 3.86. The highest BCUT2D eigenvalue weighted by molar-refractivity contribution is 5.93. The molecule has 0 unspecified atom stereocenters. The molecule has 0 radical (unpaired) electrons. The smallest absolute Gasteiger partial charge is 0.238 e. The standard InChI is InChI=1S/C20H26N2O3/c1-4-22(14-16-10-6-8-12-18(16)25-5-2)15-20(23)21-17-11-7-9-13-19(17)24-3/h6-13H,4-5,14-15H2,1-3H3,(H,21,23). The Morgan fingerprint density at radius 1 is 1.04 bits per heavy atom. The van der Waals surface area contributed by atoms with Crippen LogP contribution in [-0.4, -0.2) is 37.6 Å². The molecule has 0 fully saturated rings. The molecular formula is C20H26N2O3. The number of carbonyl (C=O) groups excluding carboxylic acids is 1. The second-order valence-electron chi connectivity index (χ2n) is 5.59.